The Labute approximate surface area is 203 Å². The Morgan fingerprint density at radius 2 is 1.74 bits per heavy atom. The number of benzene rings is 2. The number of hydrogen-bond donors (Lipinski definition) is 3. The second-order valence-corrected chi connectivity index (χ2v) is 8.89. The number of hydrogen-bond acceptors (Lipinski definition) is 6. The number of carboxylic acids is 1. The van der Waals surface area contributed by atoms with Gasteiger partial charge in [0.05, 0.1) is 19.1 Å². The second-order valence-electron chi connectivity index (χ2n) is 8.89. The van der Waals surface area contributed by atoms with Crippen LogP contribution in [0, 0.1) is 0 Å². The minimum absolute atomic E-state index is 0.0224. The number of carboxylic acid groups (broad SMARTS) is 1. The maximum Gasteiger partial charge on any atom is 0.407 e. The predicted molar refractivity (Wildman–Crippen MR) is 127 cm³/mol. The first-order chi connectivity index (χ1) is 16.8. The van der Waals surface area contributed by atoms with E-state index in [0.717, 1.165) is 22.3 Å². The van der Waals surface area contributed by atoms with Crippen molar-refractivity contribution in [2.24, 2.45) is 0 Å². The Morgan fingerprint density at radius 3 is 2.31 bits per heavy atom. The Kier molecular flexibility index (Phi) is 7.37. The lowest BCUT2D eigenvalue weighted by Crippen LogP contribution is -2.44. The first-order valence-corrected chi connectivity index (χ1v) is 11.8. The summed E-state index contributed by atoms with van der Waals surface area (Å²) in [6.45, 7) is 2.25. The molecule has 4 rings (SSSR count). The van der Waals surface area contributed by atoms with Crippen LogP contribution in [0.25, 0.3) is 11.1 Å². The van der Waals surface area contributed by atoms with E-state index in [1.807, 2.05) is 36.4 Å². The highest BCUT2D eigenvalue weighted by atomic mass is 16.5. The van der Waals surface area contributed by atoms with E-state index in [1.165, 1.54) is 4.90 Å². The van der Waals surface area contributed by atoms with Gasteiger partial charge in [0.15, 0.2) is 5.60 Å². The third kappa shape index (κ3) is 5.31. The summed E-state index contributed by atoms with van der Waals surface area (Å²) in [4.78, 5) is 37.6. The molecule has 2 aliphatic rings. The number of ether oxygens (including phenoxy) is 2. The predicted octanol–water partition coefficient (Wildman–Crippen LogP) is 2.37. The van der Waals surface area contributed by atoms with Gasteiger partial charge >= 0.3 is 12.1 Å². The van der Waals surface area contributed by atoms with Gasteiger partial charge < -0.3 is 29.9 Å². The maximum absolute atomic E-state index is 12.6. The molecule has 2 aromatic carbocycles. The number of amides is 2. The minimum Gasteiger partial charge on any atom is -0.479 e. The quantitative estimate of drug-likeness (QED) is 0.501. The molecule has 1 saturated heterocycles. The highest BCUT2D eigenvalue weighted by molar-refractivity contribution is 5.82. The Bertz CT molecular complexity index is 1060. The number of aliphatic hydroxyl groups is 1. The molecular formula is C26H30N2O7. The zero-order valence-electron chi connectivity index (χ0n) is 19.6. The maximum atomic E-state index is 12.6. The van der Waals surface area contributed by atoms with Crippen LogP contribution in [0.5, 0.6) is 0 Å². The van der Waals surface area contributed by atoms with Crippen molar-refractivity contribution < 1.29 is 34.1 Å². The van der Waals surface area contributed by atoms with Crippen molar-refractivity contribution in [2.75, 3.05) is 32.8 Å². The van der Waals surface area contributed by atoms with Gasteiger partial charge in [-0.15, -0.1) is 0 Å². The van der Waals surface area contributed by atoms with Gasteiger partial charge in [-0.3, -0.25) is 4.79 Å². The van der Waals surface area contributed by atoms with Gasteiger partial charge in [0.2, 0.25) is 5.91 Å². The number of alkyl carbamates (subject to hydrolysis) is 1. The molecule has 186 valence electrons. The third-order valence-electron chi connectivity index (χ3n) is 6.62. The second kappa shape index (κ2) is 10.5. The molecule has 3 N–H and O–H groups in total. The lowest BCUT2D eigenvalue weighted by Gasteiger charge is -2.23. The van der Waals surface area contributed by atoms with Crippen LogP contribution in [0.3, 0.4) is 0 Å². The number of nitrogens with one attached hydrogen (secondary N) is 1. The van der Waals surface area contributed by atoms with E-state index in [2.05, 4.69) is 17.4 Å². The van der Waals surface area contributed by atoms with E-state index in [0.29, 0.717) is 6.61 Å². The number of aliphatic carboxylic acids is 1. The van der Waals surface area contributed by atoms with E-state index in [4.69, 9.17) is 14.6 Å². The molecule has 0 aromatic heterocycles. The topological polar surface area (TPSA) is 125 Å². The van der Waals surface area contributed by atoms with Gasteiger partial charge in [-0.05, 0) is 29.2 Å². The van der Waals surface area contributed by atoms with Crippen molar-refractivity contribution >= 4 is 18.0 Å². The van der Waals surface area contributed by atoms with Crippen molar-refractivity contribution in [1.29, 1.82) is 0 Å². The summed E-state index contributed by atoms with van der Waals surface area (Å²) in [6, 6.07) is 16.1. The Morgan fingerprint density at radius 1 is 1.11 bits per heavy atom. The van der Waals surface area contributed by atoms with Crippen LogP contribution in [0.4, 0.5) is 4.79 Å². The zero-order valence-corrected chi connectivity index (χ0v) is 19.6. The zero-order chi connectivity index (χ0) is 25.0. The molecule has 9 heteroatoms. The molecule has 2 aromatic rings. The van der Waals surface area contributed by atoms with E-state index >= 15 is 0 Å². The van der Waals surface area contributed by atoms with E-state index < -0.39 is 23.8 Å². The van der Waals surface area contributed by atoms with Crippen molar-refractivity contribution in [3.8, 4) is 11.1 Å². The fraction of sp³-hybridized carbons (Fsp3) is 0.423. The molecule has 0 bridgehead atoms. The fourth-order valence-corrected chi connectivity index (χ4v) is 4.78. The van der Waals surface area contributed by atoms with Crippen molar-refractivity contribution in [3.05, 3.63) is 59.7 Å². The number of likely N-dealkylation sites (tertiary alicyclic amines) is 1. The lowest BCUT2D eigenvalue weighted by atomic mass is 9.98. The van der Waals surface area contributed by atoms with E-state index in [1.54, 1.807) is 6.92 Å². The van der Waals surface area contributed by atoms with Crippen molar-refractivity contribution in [1.82, 2.24) is 10.2 Å². The Balaban J connectivity index is 1.29. The molecule has 0 radical (unpaired) electrons. The van der Waals surface area contributed by atoms with Crippen LogP contribution in [0.2, 0.25) is 0 Å². The molecule has 0 saturated carbocycles. The number of nitrogens with zero attached hydrogens (tertiary/aromatic N) is 1. The summed E-state index contributed by atoms with van der Waals surface area (Å²) >= 11 is 0. The molecule has 2 amide bonds. The summed E-state index contributed by atoms with van der Waals surface area (Å²) in [5.41, 5.74) is 2.60. The highest BCUT2D eigenvalue weighted by Gasteiger charge is 2.44. The number of β-amino-alcohol motifs (C(OH)–C–C–N with tert-alkyl or cyclic N) is 1. The van der Waals surface area contributed by atoms with Gasteiger partial charge in [-0.25, -0.2) is 9.59 Å². The average molecular weight is 483 g/mol. The van der Waals surface area contributed by atoms with Crippen LogP contribution < -0.4 is 5.32 Å². The first kappa shape index (κ1) is 24.7. The monoisotopic (exact) mass is 482 g/mol. The van der Waals surface area contributed by atoms with Gasteiger partial charge in [0.25, 0.3) is 0 Å². The lowest BCUT2D eigenvalue weighted by molar-refractivity contribution is -0.157. The molecule has 35 heavy (non-hydrogen) atoms. The molecule has 1 heterocycles. The third-order valence-corrected chi connectivity index (χ3v) is 6.62. The first-order valence-electron chi connectivity index (χ1n) is 11.8. The highest BCUT2D eigenvalue weighted by Crippen LogP contribution is 2.44. The average Bonchev–Trinajstić information content (AvgIpc) is 3.41. The summed E-state index contributed by atoms with van der Waals surface area (Å²) in [7, 11) is 0. The molecule has 0 spiro atoms. The number of carbonyl (C=O) groups is 3. The number of rotatable bonds is 9. The van der Waals surface area contributed by atoms with Crippen LogP contribution >= 0.6 is 0 Å². The smallest absolute Gasteiger partial charge is 0.407 e. The minimum atomic E-state index is -1.92. The standard InChI is InChI=1S/C26H30N2O7/c1-2-34-17(13-23(29)28-12-11-26(33,16-28)24(30)31)14-27-25(32)35-15-22-20-9-5-3-7-18(20)19-8-4-6-10-21(19)22/h3-10,17,22,33H,2,11-16H2,1H3,(H,27,32)(H,30,31). The number of carbonyl (C=O) groups excluding carboxylic acids is 2. The molecule has 2 unspecified atom stereocenters. The summed E-state index contributed by atoms with van der Waals surface area (Å²) < 4.78 is 11.1. The molecule has 2 atom stereocenters. The molecule has 9 nitrogen and oxygen atoms in total. The van der Waals surface area contributed by atoms with Crippen molar-refractivity contribution in [3.63, 3.8) is 0 Å². The normalized spacial score (nSPS) is 19.7. The van der Waals surface area contributed by atoms with Crippen molar-refractivity contribution in [2.45, 2.75) is 37.4 Å². The van der Waals surface area contributed by atoms with E-state index in [9.17, 15) is 19.5 Å². The van der Waals surface area contributed by atoms with Gasteiger partial charge in [-0.2, -0.15) is 0 Å². The summed E-state index contributed by atoms with van der Waals surface area (Å²) in [5, 5.41) is 21.9. The summed E-state index contributed by atoms with van der Waals surface area (Å²) in [6.07, 6.45) is -1.28. The SMILES string of the molecule is CCOC(CNC(=O)OCC1c2ccccc2-c2ccccc21)CC(=O)N1CCC(O)(C(=O)O)C1. The molecule has 1 aliphatic heterocycles. The fourth-order valence-electron chi connectivity index (χ4n) is 4.78. The molecule has 1 fully saturated rings. The number of fused-ring (bicyclic) bond motifs is 3. The molecule has 1 aliphatic carbocycles. The largest absolute Gasteiger partial charge is 0.479 e. The van der Waals surface area contributed by atoms with E-state index in [-0.39, 0.29) is 50.9 Å². The van der Waals surface area contributed by atoms with Gasteiger partial charge in [-0.1, -0.05) is 48.5 Å². The van der Waals surface area contributed by atoms with Crippen LogP contribution in [-0.2, 0) is 19.1 Å². The van der Waals surface area contributed by atoms with Crippen LogP contribution in [-0.4, -0.2) is 77.6 Å². The van der Waals surface area contributed by atoms with Crippen LogP contribution in [0.1, 0.15) is 36.8 Å². The Hall–Kier alpha value is -3.43. The van der Waals surface area contributed by atoms with Gasteiger partial charge in [0.1, 0.15) is 6.61 Å². The van der Waals surface area contributed by atoms with Crippen LogP contribution in [0.15, 0.2) is 48.5 Å². The van der Waals surface area contributed by atoms with Gasteiger partial charge in [0, 0.05) is 32.0 Å². The summed E-state index contributed by atoms with van der Waals surface area (Å²) in [5.74, 6) is -1.73. The molecular weight excluding hydrogens is 452 g/mol.